The lowest BCUT2D eigenvalue weighted by atomic mass is 10.3. The minimum absolute atomic E-state index is 0.0535. The van der Waals surface area contributed by atoms with Crippen molar-refractivity contribution in [2.45, 2.75) is 19.1 Å². The highest BCUT2D eigenvalue weighted by molar-refractivity contribution is 6.12. The molecular weight excluding hydrogens is 158 g/mol. The molecule has 1 fully saturated rings. The van der Waals surface area contributed by atoms with Crippen molar-refractivity contribution in [1.29, 1.82) is 0 Å². The molecule has 4 heteroatoms. The highest BCUT2D eigenvalue weighted by Gasteiger charge is 2.38. The van der Waals surface area contributed by atoms with E-state index in [1.807, 2.05) is 6.92 Å². The number of ether oxygens (including phenoxy) is 1. The summed E-state index contributed by atoms with van der Waals surface area (Å²) in [4.78, 5) is 23.2. The molecule has 0 aromatic rings. The quantitative estimate of drug-likeness (QED) is 0.419. The molecule has 1 saturated heterocycles. The van der Waals surface area contributed by atoms with Crippen molar-refractivity contribution in [1.82, 2.24) is 4.90 Å². The molecule has 64 valence electrons. The summed E-state index contributed by atoms with van der Waals surface area (Å²) in [7, 11) is 0. The lowest BCUT2D eigenvalue weighted by molar-refractivity contribution is -0.137. The van der Waals surface area contributed by atoms with Gasteiger partial charge in [-0.15, -0.1) is 0 Å². The van der Waals surface area contributed by atoms with Gasteiger partial charge in [0.25, 0.3) is 11.8 Å². The summed E-state index contributed by atoms with van der Waals surface area (Å²) in [6.07, 6.45) is 2.81. The Labute approximate surface area is 69.8 Å². The number of epoxide rings is 1. The lowest BCUT2D eigenvalue weighted by Gasteiger charge is -2.10. The number of nitrogens with zero attached hydrogens (tertiary/aromatic N) is 1. The summed E-state index contributed by atoms with van der Waals surface area (Å²) in [5.74, 6) is -0.467. The zero-order chi connectivity index (χ0) is 8.72. The van der Waals surface area contributed by atoms with Gasteiger partial charge in [-0.2, -0.15) is 0 Å². The van der Waals surface area contributed by atoms with E-state index in [4.69, 9.17) is 4.74 Å². The van der Waals surface area contributed by atoms with E-state index in [2.05, 4.69) is 0 Å². The third kappa shape index (κ3) is 1.14. The highest BCUT2D eigenvalue weighted by Crippen LogP contribution is 2.22. The van der Waals surface area contributed by atoms with E-state index in [1.165, 1.54) is 17.1 Å². The van der Waals surface area contributed by atoms with Crippen LogP contribution < -0.4 is 0 Å². The number of hydrogen-bond acceptors (Lipinski definition) is 3. The molecule has 0 radical (unpaired) electrons. The molecule has 2 atom stereocenters. The first kappa shape index (κ1) is 7.49. The van der Waals surface area contributed by atoms with Crippen LogP contribution in [0.2, 0.25) is 0 Å². The summed E-state index contributed by atoms with van der Waals surface area (Å²) in [6.45, 7) is 2.31. The second-order valence-corrected chi connectivity index (χ2v) is 3.00. The smallest absolute Gasteiger partial charge is 0.253 e. The highest BCUT2D eigenvalue weighted by atomic mass is 16.6. The molecule has 0 N–H and O–H groups in total. The zero-order valence-electron chi connectivity index (χ0n) is 6.69. The maximum atomic E-state index is 11.0. The maximum Gasteiger partial charge on any atom is 0.253 e. The van der Waals surface area contributed by atoms with Crippen LogP contribution in [0.1, 0.15) is 6.92 Å². The SMILES string of the molecule is CC1OC1CN1C(=O)C=CC1=O. The largest absolute Gasteiger partial charge is 0.368 e. The van der Waals surface area contributed by atoms with E-state index < -0.39 is 0 Å². The Hall–Kier alpha value is -1.16. The molecule has 0 aromatic heterocycles. The molecule has 2 amide bonds. The number of imide groups is 1. The van der Waals surface area contributed by atoms with Crippen LogP contribution in [0.15, 0.2) is 12.2 Å². The van der Waals surface area contributed by atoms with Gasteiger partial charge in [0.15, 0.2) is 0 Å². The molecule has 0 spiro atoms. The predicted molar refractivity (Wildman–Crippen MR) is 40.2 cm³/mol. The van der Waals surface area contributed by atoms with Crippen LogP contribution in [0.25, 0.3) is 0 Å². The summed E-state index contributed by atoms with van der Waals surface area (Å²) in [5.41, 5.74) is 0. The van der Waals surface area contributed by atoms with Crippen molar-refractivity contribution in [3.8, 4) is 0 Å². The van der Waals surface area contributed by atoms with Crippen LogP contribution >= 0.6 is 0 Å². The molecule has 2 unspecified atom stereocenters. The molecule has 12 heavy (non-hydrogen) atoms. The van der Waals surface area contributed by atoms with Crippen LogP contribution in [0.5, 0.6) is 0 Å². The molecule has 0 bridgehead atoms. The Morgan fingerprint density at radius 1 is 1.42 bits per heavy atom. The third-order valence-corrected chi connectivity index (χ3v) is 2.10. The van der Waals surface area contributed by atoms with Gasteiger partial charge in [0, 0.05) is 12.2 Å². The van der Waals surface area contributed by atoms with Crippen LogP contribution in [0, 0.1) is 0 Å². The summed E-state index contributed by atoms with van der Waals surface area (Å²) < 4.78 is 5.10. The maximum absolute atomic E-state index is 11.0. The van der Waals surface area contributed by atoms with Gasteiger partial charge in [0.05, 0.1) is 12.6 Å². The molecule has 2 aliphatic heterocycles. The molecule has 2 aliphatic rings. The van der Waals surface area contributed by atoms with E-state index in [0.29, 0.717) is 6.54 Å². The average Bonchev–Trinajstić information content (AvgIpc) is 2.63. The number of carbonyl (C=O) groups is 2. The van der Waals surface area contributed by atoms with E-state index in [0.717, 1.165) is 0 Å². The summed E-state index contributed by atoms with van der Waals surface area (Å²) in [6, 6.07) is 0. The normalized spacial score (nSPS) is 33.2. The van der Waals surface area contributed by atoms with Crippen molar-refractivity contribution in [2.24, 2.45) is 0 Å². The first-order chi connectivity index (χ1) is 5.68. The van der Waals surface area contributed by atoms with Crippen molar-refractivity contribution in [2.75, 3.05) is 6.54 Å². The second-order valence-electron chi connectivity index (χ2n) is 3.00. The minimum Gasteiger partial charge on any atom is -0.368 e. The van der Waals surface area contributed by atoms with Crippen molar-refractivity contribution >= 4 is 11.8 Å². The number of amides is 2. The number of hydrogen-bond donors (Lipinski definition) is 0. The summed E-state index contributed by atoms with van der Waals surface area (Å²) >= 11 is 0. The van der Waals surface area contributed by atoms with Gasteiger partial charge in [-0.25, -0.2) is 0 Å². The first-order valence-corrected chi connectivity index (χ1v) is 3.87. The lowest BCUT2D eigenvalue weighted by Crippen LogP contribution is -2.33. The molecule has 0 aliphatic carbocycles. The Morgan fingerprint density at radius 2 is 1.92 bits per heavy atom. The zero-order valence-corrected chi connectivity index (χ0v) is 6.69. The van der Waals surface area contributed by atoms with Crippen molar-refractivity contribution in [3.05, 3.63) is 12.2 Å². The molecular formula is C8H9NO3. The van der Waals surface area contributed by atoms with Gasteiger partial charge >= 0.3 is 0 Å². The molecule has 0 aromatic carbocycles. The molecule has 0 saturated carbocycles. The van der Waals surface area contributed by atoms with Crippen LogP contribution in [0.4, 0.5) is 0 Å². The fraction of sp³-hybridized carbons (Fsp3) is 0.500. The second kappa shape index (κ2) is 2.42. The first-order valence-electron chi connectivity index (χ1n) is 3.87. The Kier molecular flexibility index (Phi) is 1.51. The Balaban J connectivity index is 1.96. The van der Waals surface area contributed by atoms with E-state index in [9.17, 15) is 9.59 Å². The van der Waals surface area contributed by atoms with Gasteiger partial charge in [-0.1, -0.05) is 0 Å². The van der Waals surface area contributed by atoms with Crippen LogP contribution in [-0.2, 0) is 14.3 Å². The predicted octanol–water partition coefficient (Wildman–Crippen LogP) is -0.301. The summed E-state index contributed by atoms with van der Waals surface area (Å²) in [5, 5.41) is 0. The van der Waals surface area contributed by atoms with Gasteiger partial charge in [-0.3, -0.25) is 14.5 Å². The van der Waals surface area contributed by atoms with Gasteiger partial charge in [-0.05, 0) is 6.92 Å². The minimum atomic E-state index is -0.234. The fourth-order valence-electron chi connectivity index (χ4n) is 1.21. The Bertz CT molecular complexity index is 253. The average molecular weight is 167 g/mol. The monoisotopic (exact) mass is 167 g/mol. The van der Waals surface area contributed by atoms with Gasteiger partial charge < -0.3 is 4.74 Å². The molecule has 2 rings (SSSR count). The van der Waals surface area contributed by atoms with Crippen molar-refractivity contribution in [3.63, 3.8) is 0 Å². The van der Waals surface area contributed by atoms with Gasteiger partial charge in [0.1, 0.15) is 6.10 Å². The molecule has 2 heterocycles. The molecule has 4 nitrogen and oxygen atoms in total. The number of rotatable bonds is 2. The van der Waals surface area contributed by atoms with Crippen LogP contribution in [-0.4, -0.2) is 35.5 Å². The van der Waals surface area contributed by atoms with Crippen LogP contribution in [0.3, 0.4) is 0 Å². The standard InChI is InChI=1S/C8H9NO3/c1-5-6(12-5)4-9-7(10)2-3-8(9)11/h2-3,5-6H,4H2,1H3. The number of carbonyl (C=O) groups excluding carboxylic acids is 2. The van der Waals surface area contributed by atoms with Gasteiger partial charge in [0.2, 0.25) is 0 Å². The van der Waals surface area contributed by atoms with E-state index in [1.54, 1.807) is 0 Å². The van der Waals surface area contributed by atoms with E-state index >= 15 is 0 Å². The fourth-order valence-corrected chi connectivity index (χ4v) is 1.21. The Morgan fingerprint density at radius 3 is 2.33 bits per heavy atom. The third-order valence-electron chi connectivity index (χ3n) is 2.10. The van der Waals surface area contributed by atoms with Crippen molar-refractivity contribution < 1.29 is 14.3 Å². The van der Waals surface area contributed by atoms with E-state index in [-0.39, 0.29) is 24.0 Å². The topological polar surface area (TPSA) is 49.9 Å².